The van der Waals surface area contributed by atoms with Gasteiger partial charge in [0, 0.05) is 10.4 Å². The maximum absolute atomic E-state index is 6.72. The van der Waals surface area contributed by atoms with Crippen molar-refractivity contribution in [3.63, 3.8) is 0 Å². The predicted octanol–water partition coefficient (Wildman–Crippen LogP) is 16.5. The number of benzene rings is 4. The molecule has 5 unspecified atom stereocenters. The number of rotatable bonds is 7. The van der Waals surface area contributed by atoms with Gasteiger partial charge in [0.1, 0.15) is 0 Å². The first kappa shape index (κ1) is 46.7. The summed E-state index contributed by atoms with van der Waals surface area (Å²) in [6.45, 7) is 14.5. The summed E-state index contributed by atoms with van der Waals surface area (Å²) >= 11 is 5.89. The summed E-state index contributed by atoms with van der Waals surface area (Å²) in [6, 6.07) is 43.1. The standard InChI is InChI=1S/C52H57Cl.2CH3.2ClH.Zr/c1-50(2,3)47-32-43-44-33-48(51(4,5)6)42(37-22-14-9-15-23-37)31-46(44)49(45(43)30-41(47)36-20-12-8-13-21-36)52(38-24-16-17-25-38,34-35-18-10-7-11-19-35)39-26-28-40(53)29-27-39;;;;;/h7-15,18-23,26-33,38,43-46,49H,16-17,24-25,34H2,1-6H3;2*1H3;2*1H;/q;2*-1;;;+4/p-2. The average Bonchev–Trinajstić information content (AvgIpc) is 3.84. The molecule has 0 saturated heterocycles. The van der Waals surface area contributed by atoms with Crippen LogP contribution in [-0.4, -0.2) is 0 Å². The summed E-state index contributed by atoms with van der Waals surface area (Å²) in [5, 5.41) is 0.819. The molecule has 5 atom stereocenters. The summed E-state index contributed by atoms with van der Waals surface area (Å²) in [5.41, 5.74) is 11.4. The van der Waals surface area contributed by atoms with Crippen LogP contribution in [0.25, 0.3) is 11.1 Å². The van der Waals surface area contributed by atoms with E-state index in [0.29, 0.717) is 35.5 Å². The van der Waals surface area contributed by atoms with Crippen molar-refractivity contribution < 1.29 is 20.8 Å². The predicted molar refractivity (Wildman–Crippen MR) is 251 cm³/mol. The second kappa shape index (κ2) is 19.5. The fraction of sp³-hybridized carbons (Fsp3) is 0.370. The van der Waals surface area contributed by atoms with Crippen LogP contribution in [0.2, 0.25) is 5.02 Å². The Hall–Kier alpha value is -2.41. The molecule has 4 heteroatoms. The minimum absolute atomic E-state index is 0. The van der Waals surface area contributed by atoms with Crippen LogP contribution in [0, 0.1) is 61.2 Å². The Kier molecular flexibility index (Phi) is 15.7. The topological polar surface area (TPSA) is 0 Å². The van der Waals surface area contributed by atoms with Gasteiger partial charge in [0.05, 0.1) is 0 Å². The van der Waals surface area contributed by atoms with E-state index in [-0.39, 0.29) is 31.1 Å². The fourth-order valence-electron chi connectivity index (χ4n) is 11.2. The number of hydrogen-bond acceptors (Lipinski definition) is 0. The van der Waals surface area contributed by atoms with Crippen LogP contribution in [0.4, 0.5) is 0 Å². The third-order valence-electron chi connectivity index (χ3n) is 13.4. The zero-order chi connectivity index (χ0) is 39.7. The van der Waals surface area contributed by atoms with Gasteiger partial charge in [-0.15, -0.1) is 0 Å². The van der Waals surface area contributed by atoms with Crippen molar-refractivity contribution in [1.82, 2.24) is 0 Å². The van der Waals surface area contributed by atoms with Crippen molar-refractivity contribution in [3.05, 3.63) is 193 Å². The van der Waals surface area contributed by atoms with Gasteiger partial charge in [-0.3, -0.25) is 0 Å². The molecular formula is C54H63Cl3Zr. The average molecular weight is 910 g/mol. The summed E-state index contributed by atoms with van der Waals surface area (Å²) < 4.78 is 0. The number of halogens is 3. The Balaban J connectivity index is 0.00000124. The number of allylic oxidation sites excluding steroid dienone is 8. The second-order valence-corrected chi connectivity index (χ2v) is 22.8. The zero-order valence-corrected chi connectivity index (χ0v) is 40.6. The molecule has 0 heterocycles. The maximum atomic E-state index is 6.72. The van der Waals surface area contributed by atoms with Crippen LogP contribution in [0.1, 0.15) is 89.5 Å². The normalized spacial score (nSPS) is 23.7. The molecule has 304 valence electrons. The first-order valence-corrected chi connectivity index (χ1v) is 27.3. The molecule has 0 N–H and O–H groups in total. The van der Waals surface area contributed by atoms with Gasteiger partial charge in [-0.25, -0.2) is 0 Å². The van der Waals surface area contributed by atoms with Crippen LogP contribution >= 0.6 is 28.6 Å². The van der Waals surface area contributed by atoms with Crippen molar-refractivity contribution in [2.24, 2.45) is 46.3 Å². The molecule has 4 aliphatic rings. The van der Waals surface area contributed by atoms with Crippen molar-refractivity contribution in [2.75, 3.05) is 0 Å². The summed E-state index contributed by atoms with van der Waals surface area (Å²) in [7, 11) is 9.87. The van der Waals surface area contributed by atoms with Gasteiger partial charge in [-0.2, -0.15) is 0 Å². The van der Waals surface area contributed by atoms with Crippen molar-refractivity contribution in [2.45, 2.75) is 79.1 Å². The molecular weight excluding hydrogens is 846 g/mol. The quantitative estimate of drug-likeness (QED) is 0.162. The molecule has 8 rings (SSSR count). The molecule has 0 spiro atoms. The van der Waals surface area contributed by atoms with E-state index in [0.717, 1.165) is 11.4 Å². The third-order valence-corrected chi connectivity index (χ3v) is 13.6. The molecule has 0 radical (unpaired) electrons. The minimum atomic E-state index is -0.826. The van der Waals surface area contributed by atoms with E-state index >= 15 is 0 Å². The van der Waals surface area contributed by atoms with Gasteiger partial charge < -0.3 is 14.9 Å². The van der Waals surface area contributed by atoms with Gasteiger partial charge in [-0.1, -0.05) is 193 Å². The van der Waals surface area contributed by atoms with Gasteiger partial charge >= 0.3 is 37.9 Å². The Labute approximate surface area is 375 Å². The second-order valence-electron chi connectivity index (χ2n) is 18.7. The van der Waals surface area contributed by atoms with Crippen LogP contribution in [0.3, 0.4) is 0 Å². The van der Waals surface area contributed by atoms with Crippen molar-refractivity contribution >= 4 is 39.8 Å². The summed E-state index contributed by atoms with van der Waals surface area (Å²) in [5.74, 6) is 2.51. The molecule has 2 fully saturated rings. The van der Waals surface area contributed by atoms with Gasteiger partial charge in [0.15, 0.2) is 0 Å². The third kappa shape index (κ3) is 9.40. The first-order valence-electron chi connectivity index (χ1n) is 20.6. The Bertz CT molecular complexity index is 1960. The van der Waals surface area contributed by atoms with Gasteiger partial charge in [0.25, 0.3) is 0 Å². The van der Waals surface area contributed by atoms with E-state index in [2.05, 4.69) is 181 Å². The van der Waals surface area contributed by atoms with E-state index in [1.807, 2.05) is 0 Å². The molecule has 2 saturated carbocycles. The van der Waals surface area contributed by atoms with Crippen molar-refractivity contribution in [3.8, 4) is 0 Å². The Morgan fingerprint density at radius 1 is 0.534 bits per heavy atom. The first-order chi connectivity index (χ1) is 26.9. The van der Waals surface area contributed by atoms with E-state index < -0.39 is 20.8 Å². The molecule has 4 aliphatic carbocycles. The Morgan fingerprint density at radius 3 is 1.33 bits per heavy atom. The molecule has 58 heavy (non-hydrogen) atoms. The van der Waals surface area contributed by atoms with Gasteiger partial charge in [-0.05, 0) is 122 Å². The van der Waals surface area contributed by atoms with E-state index in [9.17, 15) is 0 Å². The van der Waals surface area contributed by atoms with Crippen LogP contribution in [0.15, 0.2) is 151 Å². The SMILES string of the molecule is CC(C)(C)C1=CC2C3C=C(C(C)(C)C)C(c4ccccc4)=CC3C(C(Cc3ccccc3)(c3ccc(Cl)cc3)C3CCCC3)C2C=C1c1ccccc1.[CH3-].[CH3-].[Cl][Zr+2][Cl]. The van der Waals surface area contributed by atoms with Crippen LogP contribution in [0.5, 0.6) is 0 Å². The molecule has 0 aromatic heterocycles. The van der Waals surface area contributed by atoms with E-state index in [1.54, 1.807) is 0 Å². The fourth-order valence-corrected chi connectivity index (χ4v) is 11.3. The monoisotopic (exact) mass is 906 g/mol. The number of fused-ring (bicyclic) bond motifs is 3. The number of hydrogen-bond donors (Lipinski definition) is 0. The van der Waals surface area contributed by atoms with Crippen LogP contribution < -0.4 is 0 Å². The molecule has 4 aromatic rings. The zero-order valence-electron chi connectivity index (χ0n) is 35.9. The molecule has 0 nitrogen and oxygen atoms in total. The van der Waals surface area contributed by atoms with Crippen molar-refractivity contribution in [1.29, 1.82) is 0 Å². The summed E-state index contributed by atoms with van der Waals surface area (Å²) in [6.07, 6.45) is 17.3. The summed E-state index contributed by atoms with van der Waals surface area (Å²) in [4.78, 5) is 0. The molecule has 0 amide bonds. The van der Waals surface area contributed by atoms with Gasteiger partial charge in [0.2, 0.25) is 0 Å². The van der Waals surface area contributed by atoms with E-state index in [1.165, 1.54) is 70.2 Å². The molecule has 0 aliphatic heterocycles. The van der Waals surface area contributed by atoms with E-state index in [4.69, 9.17) is 28.6 Å². The van der Waals surface area contributed by atoms with Crippen LogP contribution in [-0.2, 0) is 32.7 Å². The Morgan fingerprint density at radius 2 is 0.931 bits per heavy atom. The molecule has 0 bridgehead atoms. The molecule has 4 aromatic carbocycles.